The first-order valence-electron chi connectivity index (χ1n) is 5.23. The topological polar surface area (TPSA) is 72.2 Å². The number of amides is 2. The molecule has 0 spiro atoms. The molecule has 1 aromatic carbocycles. The van der Waals surface area contributed by atoms with Crippen LogP contribution in [0.1, 0.15) is 29.3 Å². The summed E-state index contributed by atoms with van der Waals surface area (Å²) < 4.78 is 0. The number of benzene rings is 1. The van der Waals surface area contributed by atoms with E-state index in [-0.39, 0.29) is 5.91 Å². The van der Waals surface area contributed by atoms with E-state index in [1.54, 1.807) is 24.3 Å². The molecule has 0 saturated carbocycles. The van der Waals surface area contributed by atoms with Crippen LogP contribution in [0.3, 0.4) is 0 Å². The maximum Gasteiger partial charge on any atom is 0.249 e. The van der Waals surface area contributed by atoms with Crippen molar-refractivity contribution in [3.8, 4) is 11.8 Å². The highest BCUT2D eigenvalue weighted by atomic mass is 16.1. The van der Waals surface area contributed by atoms with Gasteiger partial charge in [0.15, 0.2) is 0 Å². The van der Waals surface area contributed by atoms with Crippen LogP contribution in [0.25, 0.3) is 0 Å². The van der Waals surface area contributed by atoms with Gasteiger partial charge >= 0.3 is 0 Å². The molecule has 0 saturated heterocycles. The summed E-state index contributed by atoms with van der Waals surface area (Å²) in [6.45, 7) is 1.96. The van der Waals surface area contributed by atoms with E-state index in [4.69, 9.17) is 5.73 Å². The number of carbonyl (C=O) groups excluding carboxylic acids is 2. The summed E-state index contributed by atoms with van der Waals surface area (Å²) in [5.74, 6) is 5.18. The van der Waals surface area contributed by atoms with Gasteiger partial charge in [-0.2, -0.15) is 0 Å². The number of carbonyl (C=O) groups is 2. The fourth-order valence-electron chi connectivity index (χ4n) is 1.27. The summed E-state index contributed by atoms with van der Waals surface area (Å²) in [6, 6.07) is 6.92. The zero-order valence-corrected chi connectivity index (χ0v) is 9.62. The van der Waals surface area contributed by atoms with Crippen LogP contribution in [0.2, 0.25) is 0 Å². The molecule has 0 atom stereocenters. The normalized spacial score (nSPS) is 9.00. The van der Waals surface area contributed by atoms with Gasteiger partial charge in [-0.15, -0.1) is 0 Å². The van der Waals surface area contributed by atoms with Crippen LogP contribution in [0.5, 0.6) is 0 Å². The minimum Gasteiger partial charge on any atom is -0.366 e. The van der Waals surface area contributed by atoms with Crippen molar-refractivity contribution in [2.75, 3.05) is 6.54 Å². The lowest BCUT2D eigenvalue weighted by Gasteiger charge is -1.98. The Morgan fingerprint density at radius 3 is 2.71 bits per heavy atom. The molecule has 0 heterocycles. The van der Waals surface area contributed by atoms with Crippen LogP contribution in [0.4, 0.5) is 0 Å². The minimum absolute atomic E-state index is 0.0793. The summed E-state index contributed by atoms with van der Waals surface area (Å²) in [5.41, 5.74) is 6.25. The fourth-order valence-corrected chi connectivity index (χ4v) is 1.27. The molecule has 17 heavy (non-hydrogen) atoms. The molecular weight excluding hydrogens is 216 g/mol. The Morgan fingerprint density at radius 1 is 1.35 bits per heavy atom. The molecule has 0 aliphatic rings. The molecule has 4 heteroatoms. The van der Waals surface area contributed by atoms with E-state index in [9.17, 15) is 9.59 Å². The van der Waals surface area contributed by atoms with Crippen molar-refractivity contribution in [2.24, 2.45) is 5.73 Å². The molecule has 0 unspecified atom stereocenters. The van der Waals surface area contributed by atoms with Crippen molar-refractivity contribution >= 4 is 11.8 Å². The maximum atomic E-state index is 11.1. The Bertz CT molecular complexity index is 484. The van der Waals surface area contributed by atoms with Crippen LogP contribution in [0, 0.1) is 11.8 Å². The van der Waals surface area contributed by atoms with E-state index in [1.807, 2.05) is 0 Å². The quantitative estimate of drug-likeness (QED) is 0.591. The molecule has 1 rings (SSSR count). The smallest absolute Gasteiger partial charge is 0.249 e. The standard InChI is InChI=1S/C13H14N2O2/c1-10(16)15-9-5-4-7-11-6-2-3-8-12(11)13(14)17/h2-3,6,8H,5,9H2,1H3,(H2,14,17)(H,15,16). The van der Waals surface area contributed by atoms with Crippen molar-refractivity contribution in [2.45, 2.75) is 13.3 Å². The first-order chi connectivity index (χ1) is 8.11. The molecule has 2 amide bonds. The summed E-state index contributed by atoms with van der Waals surface area (Å²) >= 11 is 0. The molecule has 0 aliphatic carbocycles. The zero-order valence-electron chi connectivity index (χ0n) is 9.62. The zero-order chi connectivity index (χ0) is 12.7. The van der Waals surface area contributed by atoms with Gasteiger partial charge in [-0.1, -0.05) is 24.0 Å². The van der Waals surface area contributed by atoms with Crippen LogP contribution >= 0.6 is 0 Å². The van der Waals surface area contributed by atoms with Gasteiger partial charge in [-0.05, 0) is 12.1 Å². The van der Waals surface area contributed by atoms with Gasteiger partial charge in [-0.25, -0.2) is 0 Å². The molecule has 0 bridgehead atoms. The van der Waals surface area contributed by atoms with Gasteiger partial charge in [-0.3, -0.25) is 9.59 Å². The third kappa shape index (κ3) is 4.39. The number of hydrogen-bond acceptors (Lipinski definition) is 2. The fraction of sp³-hybridized carbons (Fsp3) is 0.231. The van der Waals surface area contributed by atoms with Gasteiger partial charge in [0.2, 0.25) is 11.8 Å². The van der Waals surface area contributed by atoms with E-state index >= 15 is 0 Å². The first kappa shape index (κ1) is 12.8. The Labute approximate surface area is 100 Å². The van der Waals surface area contributed by atoms with Crippen molar-refractivity contribution in [1.29, 1.82) is 0 Å². The van der Waals surface area contributed by atoms with Gasteiger partial charge in [0, 0.05) is 25.5 Å². The Balaban J connectivity index is 2.65. The van der Waals surface area contributed by atoms with E-state index < -0.39 is 5.91 Å². The monoisotopic (exact) mass is 230 g/mol. The predicted octanol–water partition coefficient (Wildman–Crippen LogP) is 0.663. The molecule has 88 valence electrons. The lowest BCUT2D eigenvalue weighted by atomic mass is 10.1. The third-order valence-electron chi connectivity index (χ3n) is 2.04. The Morgan fingerprint density at radius 2 is 2.06 bits per heavy atom. The molecule has 4 nitrogen and oxygen atoms in total. The molecule has 0 aromatic heterocycles. The third-order valence-corrected chi connectivity index (χ3v) is 2.04. The van der Waals surface area contributed by atoms with Gasteiger partial charge < -0.3 is 11.1 Å². The van der Waals surface area contributed by atoms with E-state index in [2.05, 4.69) is 17.2 Å². The number of primary amides is 1. The highest BCUT2D eigenvalue weighted by Gasteiger charge is 2.03. The van der Waals surface area contributed by atoms with E-state index in [0.29, 0.717) is 24.1 Å². The highest BCUT2D eigenvalue weighted by Crippen LogP contribution is 2.05. The predicted molar refractivity (Wildman–Crippen MR) is 65.1 cm³/mol. The average Bonchev–Trinajstić information content (AvgIpc) is 2.28. The average molecular weight is 230 g/mol. The van der Waals surface area contributed by atoms with E-state index in [1.165, 1.54) is 6.92 Å². The molecule has 1 aromatic rings. The molecule has 0 radical (unpaired) electrons. The number of hydrogen-bond donors (Lipinski definition) is 2. The highest BCUT2D eigenvalue weighted by molar-refractivity contribution is 5.95. The molecule has 3 N–H and O–H groups in total. The number of nitrogens with one attached hydrogen (secondary N) is 1. The number of nitrogens with two attached hydrogens (primary N) is 1. The lowest BCUT2D eigenvalue weighted by molar-refractivity contribution is -0.118. The second kappa shape index (κ2) is 6.33. The van der Waals surface area contributed by atoms with Crippen LogP contribution in [-0.4, -0.2) is 18.4 Å². The van der Waals surface area contributed by atoms with Crippen LogP contribution < -0.4 is 11.1 Å². The van der Waals surface area contributed by atoms with Crippen molar-refractivity contribution in [3.63, 3.8) is 0 Å². The largest absolute Gasteiger partial charge is 0.366 e. The second-order valence-electron chi connectivity index (χ2n) is 3.44. The Hall–Kier alpha value is -2.28. The molecule has 0 aliphatic heterocycles. The van der Waals surface area contributed by atoms with Crippen molar-refractivity contribution < 1.29 is 9.59 Å². The van der Waals surface area contributed by atoms with Gasteiger partial charge in [0.25, 0.3) is 0 Å². The molecular formula is C13H14N2O2. The second-order valence-corrected chi connectivity index (χ2v) is 3.44. The Kier molecular flexibility index (Phi) is 4.77. The summed E-state index contributed by atoms with van der Waals surface area (Å²) in [4.78, 5) is 21.7. The van der Waals surface area contributed by atoms with Crippen molar-refractivity contribution in [1.82, 2.24) is 5.32 Å². The number of rotatable bonds is 3. The minimum atomic E-state index is -0.489. The van der Waals surface area contributed by atoms with Gasteiger partial charge in [0.05, 0.1) is 5.56 Å². The summed E-state index contributed by atoms with van der Waals surface area (Å²) in [6.07, 6.45) is 0.534. The first-order valence-corrected chi connectivity index (χ1v) is 5.23. The van der Waals surface area contributed by atoms with Crippen LogP contribution in [0.15, 0.2) is 24.3 Å². The van der Waals surface area contributed by atoms with E-state index in [0.717, 1.165) is 0 Å². The molecule has 0 fully saturated rings. The summed E-state index contributed by atoms with van der Waals surface area (Å²) in [5, 5.41) is 2.64. The van der Waals surface area contributed by atoms with Crippen molar-refractivity contribution in [3.05, 3.63) is 35.4 Å². The van der Waals surface area contributed by atoms with Gasteiger partial charge in [0.1, 0.15) is 0 Å². The summed E-state index contributed by atoms with van der Waals surface area (Å²) in [7, 11) is 0. The lowest BCUT2D eigenvalue weighted by Crippen LogP contribution is -2.20. The maximum absolute atomic E-state index is 11.1. The van der Waals surface area contributed by atoms with Crippen LogP contribution in [-0.2, 0) is 4.79 Å². The SMILES string of the molecule is CC(=O)NCCC#Cc1ccccc1C(N)=O.